The number of hydrogen-bond acceptors (Lipinski definition) is 4. The number of methoxy groups -OCH3 is 1. The van der Waals surface area contributed by atoms with Gasteiger partial charge in [-0.05, 0) is 30.2 Å². The predicted molar refractivity (Wildman–Crippen MR) is 82.1 cm³/mol. The van der Waals surface area contributed by atoms with Crippen LogP contribution >= 0.6 is 0 Å². The van der Waals surface area contributed by atoms with E-state index in [-0.39, 0.29) is 5.91 Å². The van der Waals surface area contributed by atoms with Crippen LogP contribution in [0.25, 0.3) is 0 Å². The Balaban J connectivity index is 2.60. The van der Waals surface area contributed by atoms with E-state index in [1.807, 2.05) is 18.0 Å². The van der Waals surface area contributed by atoms with Gasteiger partial charge in [0.2, 0.25) is 5.91 Å². The number of hydrogen-bond donors (Lipinski definition) is 2. The highest BCUT2D eigenvalue weighted by atomic mass is 16.5. The summed E-state index contributed by atoms with van der Waals surface area (Å²) in [7, 11) is 5.26. The Morgan fingerprint density at radius 3 is 2.75 bits per heavy atom. The van der Waals surface area contributed by atoms with E-state index in [4.69, 9.17) is 4.74 Å². The van der Waals surface area contributed by atoms with Crippen molar-refractivity contribution >= 4 is 11.6 Å². The molecule has 0 saturated carbocycles. The molecule has 0 atom stereocenters. The second-order valence-electron chi connectivity index (χ2n) is 4.81. The third-order valence-corrected chi connectivity index (χ3v) is 3.22. The van der Waals surface area contributed by atoms with Crippen molar-refractivity contribution in [2.45, 2.75) is 13.5 Å². The van der Waals surface area contributed by atoms with Crippen LogP contribution in [-0.2, 0) is 16.1 Å². The molecule has 1 aromatic carbocycles. The van der Waals surface area contributed by atoms with Crippen LogP contribution in [0.5, 0.6) is 0 Å². The van der Waals surface area contributed by atoms with Gasteiger partial charge < -0.3 is 20.3 Å². The first-order chi connectivity index (χ1) is 9.58. The Morgan fingerprint density at radius 2 is 2.15 bits per heavy atom. The molecule has 0 aliphatic heterocycles. The first-order valence-electron chi connectivity index (χ1n) is 6.79. The van der Waals surface area contributed by atoms with Gasteiger partial charge in [0, 0.05) is 40.0 Å². The number of carbonyl (C=O) groups is 1. The minimum absolute atomic E-state index is 0.00969. The van der Waals surface area contributed by atoms with Crippen LogP contribution in [-0.4, -0.2) is 46.8 Å². The lowest BCUT2D eigenvalue weighted by molar-refractivity contribution is -0.119. The molecule has 0 unspecified atom stereocenters. The summed E-state index contributed by atoms with van der Waals surface area (Å²) in [4.78, 5) is 13.3. The molecule has 1 aromatic rings. The average molecular weight is 279 g/mol. The molecule has 0 heterocycles. The second-order valence-corrected chi connectivity index (χ2v) is 4.81. The van der Waals surface area contributed by atoms with Gasteiger partial charge in [-0.3, -0.25) is 4.79 Å². The van der Waals surface area contributed by atoms with Crippen LogP contribution in [0.2, 0.25) is 0 Å². The number of amides is 1. The van der Waals surface area contributed by atoms with Crippen LogP contribution in [0.3, 0.4) is 0 Å². The van der Waals surface area contributed by atoms with E-state index < -0.39 is 0 Å². The topological polar surface area (TPSA) is 53.6 Å². The summed E-state index contributed by atoms with van der Waals surface area (Å²) in [6.45, 7) is 4.83. The summed E-state index contributed by atoms with van der Waals surface area (Å²) < 4.78 is 5.00. The van der Waals surface area contributed by atoms with E-state index in [2.05, 4.69) is 29.7 Å². The lowest BCUT2D eigenvalue weighted by atomic mass is 10.1. The standard InChI is InChI=1S/C15H25N3O2/c1-12-9-14(18(3)11-15(19)16-2)6-5-13(12)10-17-7-8-20-4/h5-6,9,17H,7-8,10-11H2,1-4H3,(H,16,19). The molecule has 1 amide bonds. The maximum Gasteiger partial charge on any atom is 0.239 e. The van der Waals surface area contributed by atoms with Crippen molar-refractivity contribution < 1.29 is 9.53 Å². The number of carbonyl (C=O) groups excluding carboxylic acids is 1. The lowest BCUT2D eigenvalue weighted by Crippen LogP contribution is -2.33. The quantitative estimate of drug-likeness (QED) is 0.695. The first-order valence-corrected chi connectivity index (χ1v) is 6.79. The second kappa shape index (κ2) is 8.55. The number of benzene rings is 1. The summed E-state index contributed by atoms with van der Waals surface area (Å²) in [5, 5.41) is 5.96. The zero-order valence-electron chi connectivity index (χ0n) is 12.8. The van der Waals surface area contributed by atoms with Crippen LogP contribution in [0.1, 0.15) is 11.1 Å². The van der Waals surface area contributed by atoms with Gasteiger partial charge in [-0.15, -0.1) is 0 Å². The van der Waals surface area contributed by atoms with Gasteiger partial charge in [0.25, 0.3) is 0 Å². The van der Waals surface area contributed by atoms with Gasteiger partial charge in [-0.2, -0.15) is 0 Å². The Kier molecular flexibility index (Phi) is 7.04. The maximum atomic E-state index is 11.4. The van der Waals surface area contributed by atoms with Crippen molar-refractivity contribution in [1.29, 1.82) is 0 Å². The van der Waals surface area contributed by atoms with E-state index in [1.165, 1.54) is 11.1 Å². The fraction of sp³-hybridized carbons (Fsp3) is 0.533. The van der Waals surface area contributed by atoms with Crippen molar-refractivity contribution in [3.05, 3.63) is 29.3 Å². The fourth-order valence-electron chi connectivity index (χ4n) is 1.90. The zero-order valence-corrected chi connectivity index (χ0v) is 12.8. The molecule has 5 heteroatoms. The van der Waals surface area contributed by atoms with Crippen molar-refractivity contribution in [1.82, 2.24) is 10.6 Å². The van der Waals surface area contributed by atoms with Crippen LogP contribution in [0.15, 0.2) is 18.2 Å². The molecule has 0 fully saturated rings. The van der Waals surface area contributed by atoms with Crippen LogP contribution in [0, 0.1) is 6.92 Å². The Bertz CT molecular complexity index is 435. The van der Waals surface area contributed by atoms with E-state index >= 15 is 0 Å². The van der Waals surface area contributed by atoms with E-state index in [9.17, 15) is 4.79 Å². The summed E-state index contributed by atoms with van der Waals surface area (Å²) in [6.07, 6.45) is 0. The molecule has 0 aliphatic rings. The van der Waals surface area contributed by atoms with E-state index in [0.29, 0.717) is 13.2 Å². The molecule has 0 radical (unpaired) electrons. The van der Waals surface area contributed by atoms with Gasteiger partial charge in [-0.1, -0.05) is 6.07 Å². The van der Waals surface area contributed by atoms with Crippen LogP contribution in [0.4, 0.5) is 5.69 Å². The zero-order chi connectivity index (χ0) is 15.0. The normalized spacial score (nSPS) is 10.4. The van der Waals surface area contributed by atoms with Gasteiger partial charge in [-0.25, -0.2) is 0 Å². The number of aryl methyl sites for hydroxylation is 1. The predicted octanol–water partition coefficient (Wildman–Crippen LogP) is 0.913. The molecule has 0 spiro atoms. The minimum atomic E-state index is 0.00969. The van der Waals surface area contributed by atoms with Crippen molar-refractivity contribution in [3.8, 4) is 0 Å². The number of likely N-dealkylation sites (N-methyl/N-ethyl adjacent to an activating group) is 2. The molecule has 0 aromatic heterocycles. The smallest absolute Gasteiger partial charge is 0.239 e. The average Bonchev–Trinajstić information content (AvgIpc) is 2.44. The highest BCUT2D eigenvalue weighted by Crippen LogP contribution is 2.18. The minimum Gasteiger partial charge on any atom is -0.383 e. The third-order valence-electron chi connectivity index (χ3n) is 3.22. The number of nitrogens with one attached hydrogen (secondary N) is 2. The number of nitrogens with zero attached hydrogens (tertiary/aromatic N) is 1. The highest BCUT2D eigenvalue weighted by molar-refractivity contribution is 5.80. The summed E-state index contributed by atoms with van der Waals surface area (Å²) >= 11 is 0. The number of anilines is 1. The molecule has 0 aliphatic carbocycles. The molecular weight excluding hydrogens is 254 g/mol. The lowest BCUT2D eigenvalue weighted by Gasteiger charge is -2.20. The van der Waals surface area contributed by atoms with Crippen molar-refractivity contribution in [2.75, 3.05) is 45.8 Å². The number of rotatable bonds is 8. The molecule has 1 rings (SSSR count). The first kappa shape index (κ1) is 16.5. The maximum absolute atomic E-state index is 11.4. The summed E-state index contributed by atoms with van der Waals surface area (Å²) in [5.41, 5.74) is 3.53. The van der Waals surface area contributed by atoms with E-state index in [0.717, 1.165) is 18.8 Å². The number of ether oxygens (including phenoxy) is 1. The Morgan fingerprint density at radius 1 is 1.40 bits per heavy atom. The van der Waals surface area contributed by atoms with Gasteiger partial charge >= 0.3 is 0 Å². The summed E-state index contributed by atoms with van der Waals surface area (Å²) in [5.74, 6) is 0.00969. The molecule has 5 nitrogen and oxygen atoms in total. The highest BCUT2D eigenvalue weighted by Gasteiger charge is 2.07. The van der Waals surface area contributed by atoms with Gasteiger partial charge in [0.05, 0.1) is 13.2 Å². The van der Waals surface area contributed by atoms with Crippen molar-refractivity contribution in [2.24, 2.45) is 0 Å². The fourth-order valence-corrected chi connectivity index (χ4v) is 1.90. The molecule has 0 bridgehead atoms. The van der Waals surface area contributed by atoms with Crippen molar-refractivity contribution in [3.63, 3.8) is 0 Å². The SMILES string of the molecule is CNC(=O)CN(C)c1ccc(CNCCOC)c(C)c1. The largest absolute Gasteiger partial charge is 0.383 e. The molecular formula is C15H25N3O2. The Labute approximate surface area is 121 Å². The summed E-state index contributed by atoms with van der Waals surface area (Å²) in [6, 6.07) is 6.25. The monoisotopic (exact) mass is 279 g/mol. The van der Waals surface area contributed by atoms with Gasteiger partial charge in [0.1, 0.15) is 0 Å². The Hall–Kier alpha value is -1.59. The molecule has 0 saturated heterocycles. The third kappa shape index (κ3) is 5.19. The van der Waals surface area contributed by atoms with E-state index in [1.54, 1.807) is 14.2 Å². The molecule has 2 N–H and O–H groups in total. The van der Waals surface area contributed by atoms with Crippen LogP contribution < -0.4 is 15.5 Å². The molecule has 112 valence electrons. The van der Waals surface area contributed by atoms with Gasteiger partial charge in [0.15, 0.2) is 0 Å². The molecule has 20 heavy (non-hydrogen) atoms.